The highest BCUT2D eigenvalue weighted by molar-refractivity contribution is 7.89. The van der Waals surface area contributed by atoms with Gasteiger partial charge in [0, 0.05) is 37.1 Å². The second-order valence-corrected chi connectivity index (χ2v) is 14.1. The number of carbonyl (C=O) groups excluding carboxylic acids is 1. The molecule has 0 aliphatic heterocycles. The van der Waals surface area contributed by atoms with Crippen molar-refractivity contribution in [1.82, 2.24) is 9.29 Å². The zero-order valence-corrected chi connectivity index (χ0v) is 27.1. The van der Waals surface area contributed by atoms with Crippen LogP contribution in [0.4, 0.5) is 5.69 Å². The summed E-state index contributed by atoms with van der Waals surface area (Å²) in [5.74, 6) is 0.213. The zero-order valence-electron chi connectivity index (χ0n) is 26.3. The van der Waals surface area contributed by atoms with Gasteiger partial charge in [-0.05, 0) is 82.1 Å². The number of nitrogens with one attached hydrogen (secondary N) is 1. The second kappa shape index (κ2) is 14.9. The predicted molar refractivity (Wildman–Crippen MR) is 186 cm³/mol. The van der Waals surface area contributed by atoms with Crippen molar-refractivity contribution < 1.29 is 18.3 Å². The lowest BCUT2D eigenvalue weighted by Gasteiger charge is -2.23. The molecule has 2 N–H and O–H groups in total. The molecule has 0 bridgehead atoms. The number of aliphatic hydroxyl groups is 1. The number of benzene rings is 4. The Morgan fingerprint density at radius 2 is 1.23 bits per heavy atom. The highest BCUT2D eigenvalue weighted by Gasteiger charge is 2.25. The molecule has 1 aliphatic carbocycles. The van der Waals surface area contributed by atoms with Gasteiger partial charge in [0.2, 0.25) is 15.9 Å². The Kier molecular flexibility index (Phi) is 10.2. The van der Waals surface area contributed by atoms with Crippen LogP contribution in [0.1, 0.15) is 48.8 Å². The Bertz CT molecular complexity index is 1870. The van der Waals surface area contributed by atoms with E-state index in [9.17, 15) is 18.3 Å². The number of aliphatic hydroxyl groups excluding tert-OH is 1. The average Bonchev–Trinajstić information content (AvgIpc) is 3.13. The third-order valence-electron chi connectivity index (χ3n) is 8.82. The van der Waals surface area contributed by atoms with E-state index in [0.717, 1.165) is 70.3 Å². The van der Waals surface area contributed by atoms with Gasteiger partial charge in [-0.15, -0.1) is 0 Å². The van der Waals surface area contributed by atoms with Crippen LogP contribution in [0.3, 0.4) is 0 Å². The number of rotatable bonds is 11. The molecule has 1 amide bonds. The van der Waals surface area contributed by atoms with Gasteiger partial charge in [0.05, 0.1) is 11.5 Å². The molecule has 0 saturated heterocycles. The fraction of sp³-hybridized carbons (Fsp3) is 0.231. The van der Waals surface area contributed by atoms with Crippen molar-refractivity contribution >= 4 is 21.6 Å². The molecule has 8 heteroatoms. The molecule has 5 aromatic rings. The maximum atomic E-state index is 14.0. The standard InChI is InChI=1S/C39H39N3O4S/c43-28-30-10-14-33(15-11-30)35-18-22-38(23-19-35)47(45,46)42(27-31-5-4-24-40-25-31)26-29-8-12-32(13-9-29)34-16-20-37(21-17-34)41-39(44)36-6-2-1-3-7-36/h4-5,8-25,36,43H,1-3,6-7,26-28H2,(H,41,44). The summed E-state index contributed by atoms with van der Waals surface area (Å²) in [5.41, 5.74) is 7.12. The third-order valence-corrected chi connectivity index (χ3v) is 10.6. The summed E-state index contributed by atoms with van der Waals surface area (Å²) < 4.78 is 29.5. The molecule has 1 aliphatic rings. The molecule has 1 fully saturated rings. The van der Waals surface area contributed by atoms with Gasteiger partial charge in [-0.25, -0.2) is 8.42 Å². The van der Waals surface area contributed by atoms with Crippen molar-refractivity contribution in [3.63, 3.8) is 0 Å². The van der Waals surface area contributed by atoms with Gasteiger partial charge in [-0.1, -0.05) is 98.1 Å². The van der Waals surface area contributed by atoms with Crippen LogP contribution in [-0.4, -0.2) is 28.7 Å². The minimum absolute atomic E-state index is 0.0265. The van der Waals surface area contributed by atoms with Crippen LogP contribution in [0.25, 0.3) is 22.3 Å². The smallest absolute Gasteiger partial charge is 0.243 e. The van der Waals surface area contributed by atoms with Crippen molar-refractivity contribution in [2.24, 2.45) is 5.92 Å². The summed E-state index contributed by atoms with van der Waals surface area (Å²) in [5, 5.41) is 12.4. The van der Waals surface area contributed by atoms with Crippen LogP contribution < -0.4 is 5.32 Å². The molecule has 6 rings (SSSR count). The lowest BCUT2D eigenvalue weighted by atomic mass is 9.88. The van der Waals surface area contributed by atoms with Gasteiger partial charge in [-0.3, -0.25) is 9.78 Å². The molecule has 1 heterocycles. The molecule has 1 saturated carbocycles. The highest BCUT2D eigenvalue weighted by Crippen LogP contribution is 2.28. The van der Waals surface area contributed by atoms with Gasteiger partial charge in [0.15, 0.2) is 0 Å². The Labute approximate surface area is 277 Å². The highest BCUT2D eigenvalue weighted by atomic mass is 32.2. The van der Waals surface area contributed by atoms with Crippen molar-refractivity contribution in [3.8, 4) is 22.3 Å². The second-order valence-electron chi connectivity index (χ2n) is 12.1. The monoisotopic (exact) mass is 645 g/mol. The summed E-state index contributed by atoms with van der Waals surface area (Å²) in [6.45, 7) is 0.339. The summed E-state index contributed by atoms with van der Waals surface area (Å²) in [6, 6.07) is 33.9. The van der Waals surface area contributed by atoms with E-state index < -0.39 is 10.0 Å². The van der Waals surface area contributed by atoms with E-state index in [-0.39, 0.29) is 36.4 Å². The number of aromatic nitrogens is 1. The summed E-state index contributed by atoms with van der Waals surface area (Å²) in [4.78, 5) is 17.0. The normalized spacial score (nSPS) is 13.8. The Morgan fingerprint density at radius 1 is 0.702 bits per heavy atom. The molecule has 0 atom stereocenters. The number of nitrogens with zero attached hydrogens (tertiary/aromatic N) is 2. The van der Waals surface area contributed by atoms with Crippen LogP contribution in [-0.2, 0) is 34.5 Å². The number of sulfonamides is 1. The van der Waals surface area contributed by atoms with E-state index >= 15 is 0 Å². The number of carbonyl (C=O) groups is 1. The third kappa shape index (κ3) is 8.03. The minimum Gasteiger partial charge on any atom is -0.392 e. The van der Waals surface area contributed by atoms with Crippen LogP contribution in [0.15, 0.2) is 126 Å². The van der Waals surface area contributed by atoms with Gasteiger partial charge in [0.25, 0.3) is 0 Å². The maximum Gasteiger partial charge on any atom is 0.243 e. The van der Waals surface area contributed by atoms with Gasteiger partial charge >= 0.3 is 0 Å². The number of hydrogen-bond donors (Lipinski definition) is 2. The van der Waals surface area contributed by atoms with Gasteiger partial charge in [0.1, 0.15) is 0 Å². The molecular formula is C39H39N3O4S. The van der Waals surface area contributed by atoms with Gasteiger partial charge < -0.3 is 10.4 Å². The molecule has 4 aromatic carbocycles. The number of anilines is 1. The molecule has 0 spiro atoms. The SMILES string of the molecule is O=C(Nc1ccc(-c2ccc(CN(Cc3cccnc3)S(=O)(=O)c3ccc(-c4ccc(CO)cc4)cc3)cc2)cc1)C1CCCCC1. The first-order valence-corrected chi connectivity index (χ1v) is 17.5. The number of amides is 1. The predicted octanol–water partition coefficient (Wildman–Crippen LogP) is 7.82. The largest absolute Gasteiger partial charge is 0.392 e. The quantitative estimate of drug-likeness (QED) is 0.153. The summed E-state index contributed by atoms with van der Waals surface area (Å²) in [7, 11) is -3.85. The van der Waals surface area contributed by atoms with E-state index in [1.165, 1.54) is 10.7 Å². The minimum atomic E-state index is -3.85. The first kappa shape index (κ1) is 32.3. The fourth-order valence-corrected chi connectivity index (χ4v) is 7.47. The van der Waals surface area contributed by atoms with Crippen LogP contribution in [0, 0.1) is 5.92 Å². The van der Waals surface area contributed by atoms with E-state index in [1.807, 2.05) is 91.0 Å². The Balaban J connectivity index is 1.17. The van der Waals surface area contributed by atoms with Gasteiger partial charge in [-0.2, -0.15) is 4.31 Å². The molecule has 0 unspecified atom stereocenters. The van der Waals surface area contributed by atoms with E-state index in [1.54, 1.807) is 30.6 Å². The van der Waals surface area contributed by atoms with Crippen molar-refractivity contribution in [1.29, 1.82) is 0 Å². The lowest BCUT2D eigenvalue weighted by molar-refractivity contribution is -0.120. The van der Waals surface area contributed by atoms with Crippen molar-refractivity contribution in [3.05, 3.63) is 138 Å². The average molecular weight is 646 g/mol. The van der Waals surface area contributed by atoms with E-state index in [0.29, 0.717) is 0 Å². The number of hydrogen-bond acceptors (Lipinski definition) is 5. The topological polar surface area (TPSA) is 99.6 Å². The van der Waals surface area contributed by atoms with Crippen LogP contribution >= 0.6 is 0 Å². The number of pyridine rings is 1. The summed E-state index contributed by atoms with van der Waals surface area (Å²) in [6.07, 6.45) is 8.74. The maximum absolute atomic E-state index is 14.0. The Morgan fingerprint density at radius 3 is 1.79 bits per heavy atom. The zero-order chi connectivity index (χ0) is 32.6. The Hall–Kier alpha value is -4.63. The first-order chi connectivity index (χ1) is 22.9. The molecular weight excluding hydrogens is 607 g/mol. The van der Waals surface area contributed by atoms with Crippen LogP contribution in [0.2, 0.25) is 0 Å². The molecule has 240 valence electrons. The molecule has 47 heavy (non-hydrogen) atoms. The van der Waals surface area contributed by atoms with E-state index in [2.05, 4.69) is 10.3 Å². The van der Waals surface area contributed by atoms with E-state index in [4.69, 9.17) is 0 Å². The van der Waals surface area contributed by atoms with Crippen LogP contribution in [0.5, 0.6) is 0 Å². The lowest BCUT2D eigenvalue weighted by Crippen LogP contribution is -2.30. The summed E-state index contributed by atoms with van der Waals surface area (Å²) >= 11 is 0. The van der Waals surface area contributed by atoms with Crippen molar-refractivity contribution in [2.75, 3.05) is 5.32 Å². The molecule has 1 aromatic heterocycles. The fourth-order valence-electron chi connectivity index (χ4n) is 6.05. The van der Waals surface area contributed by atoms with Crippen molar-refractivity contribution in [2.45, 2.75) is 56.7 Å². The molecule has 0 radical (unpaired) electrons. The first-order valence-electron chi connectivity index (χ1n) is 16.1. The molecule has 7 nitrogen and oxygen atoms in total.